The van der Waals surface area contributed by atoms with Gasteiger partial charge in [-0.15, -0.1) is 22.7 Å². The molecule has 30 heteroatoms. The molecule has 8 heterocycles. The summed E-state index contributed by atoms with van der Waals surface area (Å²) in [6.45, 7) is 0. The van der Waals surface area contributed by atoms with Gasteiger partial charge >= 0.3 is 34.1 Å². The van der Waals surface area contributed by atoms with E-state index >= 15 is 0 Å². The predicted octanol–water partition coefficient (Wildman–Crippen LogP) is -7.10. The Morgan fingerprint density at radius 3 is 0.639 bits per heavy atom. The fraction of sp³-hybridized carbons (Fsp3) is 0. The fourth-order valence-electron chi connectivity index (χ4n) is 4.26. The monoisotopic (exact) mass is 1140 g/mol. The summed E-state index contributed by atoms with van der Waals surface area (Å²) in [5.74, 6) is -5.49. The Morgan fingerprint density at radius 2 is 0.500 bits per heavy atom. The molecule has 396 valence electrons. The average Bonchev–Trinajstić information content (AvgIpc) is 4.00. The molecule has 2 radical (unpaired) electrons. The Kier molecular flexibility index (Phi) is 63.4. The maximum atomic E-state index is 10.1. The second-order valence-corrected chi connectivity index (χ2v) is 13.0. The summed E-state index contributed by atoms with van der Waals surface area (Å²) in [5, 5.41) is 40.5. The molecule has 0 saturated heterocycles. The Morgan fingerprint density at radius 1 is 0.306 bits per heavy atom. The van der Waals surface area contributed by atoms with Crippen LogP contribution in [0.5, 0.6) is 0 Å². The summed E-state index contributed by atoms with van der Waals surface area (Å²) in [5.41, 5.74) is 6.01. The minimum atomic E-state index is -1.37. The van der Waals surface area contributed by atoms with Gasteiger partial charge in [0.25, 0.3) is 0 Å². The summed E-state index contributed by atoms with van der Waals surface area (Å²) in [6.07, 6.45) is 14.2. The van der Waals surface area contributed by atoms with Crippen LogP contribution in [0.1, 0.15) is 38.7 Å². The molecule has 8 rings (SSSR count). The first-order valence-corrected chi connectivity index (χ1v) is 18.3. The van der Waals surface area contributed by atoms with Crippen LogP contribution in [0.3, 0.4) is 0 Å². The van der Waals surface area contributed by atoms with Crippen LogP contribution < -0.4 is 20.4 Å². The van der Waals surface area contributed by atoms with Gasteiger partial charge in [-0.25, -0.2) is 0 Å². The Balaban J connectivity index is -0.0000000685. The molecule has 0 unspecified atom stereocenters. The number of pyridine rings is 6. The van der Waals surface area contributed by atoms with Gasteiger partial charge in [-0.05, 0) is 108 Å². The van der Waals surface area contributed by atoms with Crippen LogP contribution in [0.4, 0.5) is 0 Å². The van der Waals surface area contributed by atoms with Crippen molar-refractivity contribution in [3.63, 3.8) is 0 Å². The van der Waals surface area contributed by atoms with Crippen molar-refractivity contribution in [3.05, 3.63) is 190 Å². The zero-order valence-electron chi connectivity index (χ0n) is 37.2. The second kappa shape index (κ2) is 50.1. The van der Waals surface area contributed by atoms with E-state index in [0.29, 0.717) is 22.7 Å². The van der Waals surface area contributed by atoms with E-state index in [1.54, 1.807) is 49.6 Å². The molecule has 0 amide bonds. The van der Waals surface area contributed by atoms with E-state index in [1.165, 1.54) is 35.4 Å². The van der Waals surface area contributed by atoms with Crippen LogP contribution >= 0.6 is 22.7 Å². The Hall–Kier alpha value is -7.26. The van der Waals surface area contributed by atoms with Gasteiger partial charge < -0.3 is 105 Å². The van der Waals surface area contributed by atoms with E-state index in [4.69, 9.17) is 0 Å². The van der Waals surface area contributed by atoms with Crippen molar-refractivity contribution >= 4 is 46.6 Å². The number of aromatic carboxylic acids is 4. The molecule has 72 heavy (non-hydrogen) atoms. The summed E-state index contributed by atoms with van der Waals surface area (Å²) in [7, 11) is 0. The molecule has 0 aliphatic carbocycles. The molecule has 30 N–H and O–H groups in total. The van der Waals surface area contributed by atoms with Crippen LogP contribution in [0.25, 0.3) is 33.9 Å². The second-order valence-electron chi connectivity index (χ2n) is 10.8. The largest absolute Gasteiger partial charge is 2.00 e. The maximum Gasteiger partial charge on any atom is 2.00 e. The van der Waals surface area contributed by atoms with Crippen molar-refractivity contribution in [1.29, 1.82) is 0 Å². The fourth-order valence-corrected chi connectivity index (χ4v) is 5.61. The molecule has 26 nitrogen and oxygen atoms in total. The molecule has 8 aromatic rings. The number of hydrogen-bond donors (Lipinski definition) is 0. The molecule has 0 saturated carbocycles. The van der Waals surface area contributed by atoms with Crippen molar-refractivity contribution in [1.82, 2.24) is 29.9 Å². The molecule has 0 atom stereocenters. The van der Waals surface area contributed by atoms with Gasteiger partial charge in [-0.1, -0.05) is 24.3 Å². The number of nitrogens with zero attached hydrogens (tertiary/aromatic N) is 6. The van der Waals surface area contributed by atoms with Gasteiger partial charge in [0.05, 0.1) is 66.2 Å². The van der Waals surface area contributed by atoms with Crippen LogP contribution in [-0.4, -0.2) is 86.6 Å². The number of carbonyl (C=O) groups is 4. The van der Waals surface area contributed by atoms with Gasteiger partial charge in [0.15, 0.2) is 0 Å². The number of hydrogen-bond acceptors (Lipinski definition) is 16. The minimum absolute atomic E-state index is 0. The van der Waals surface area contributed by atoms with Crippen LogP contribution in [0, 0.1) is 0 Å². The molecule has 0 aliphatic rings. The first-order valence-electron chi connectivity index (χ1n) is 16.6. The van der Waals surface area contributed by atoms with Crippen LogP contribution in [0.2, 0.25) is 0 Å². The molecule has 0 fully saturated rings. The van der Waals surface area contributed by atoms with Crippen molar-refractivity contribution < 1.29 is 139 Å². The van der Waals surface area contributed by atoms with Crippen molar-refractivity contribution in [2.24, 2.45) is 0 Å². The molecule has 0 aromatic carbocycles. The zero-order chi connectivity index (χ0) is 41.5. The van der Waals surface area contributed by atoms with Crippen molar-refractivity contribution in [3.8, 4) is 33.9 Å². The van der Waals surface area contributed by atoms with Gasteiger partial charge in [-0.2, -0.15) is 0 Å². The number of carboxylic acids is 4. The normalized spacial score (nSPS) is 7.72. The van der Waals surface area contributed by atoms with E-state index in [0.717, 1.165) is 22.8 Å². The van der Waals surface area contributed by atoms with E-state index in [2.05, 4.69) is 29.9 Å². The third kappa shape index (κ3) is 31.8. The van der Waals surface area contributed by atoms with Gasteiger partial charge in [-0.3, -0.25) is 29.9 Å². The number of aromatic nitrogens is 6. The van der Waals surface area contributed by atoms with Gasteiger partial charge in [0, 0.05) is 49.6 Å². The van der Waals surface area contributed by atoms with Crippen LogP contribution in [-0.2, 0) is 67.0 Å². The maximum absolute atomic E-state index is 10.1. The van der Waals surface area contributed by atoms with Crippen molar-refractivity contribution in [2.75, 3.05) is 0 Å². The van der Waals surface area contributed by atoms with Crippen molar-refractivity contribution in [2.45, 2.75) is 0 Å². The quantitative estimate of drug-likeness (QED) is 0.106. The number of thiophene rings is 2. The number of carbonyl (C=O) groups excluding carboxylic acids is 4. The summed E-state index contributed by atoms with van der Waals surface area (Å²) in [4.78, 5) is 64.7. The third-order valence-electron chi connectivity index (χ3n) is 6.90. The molecule has 0 bridgehead atoms. The third-order valence-corrected chi connectivity index (χ3v) is 8.99. The topological polar surface area (TPSA) is 625 Å². The zero-order valence-corrected chi connectivity index (χ0v) is 41.1. The first kappa shape index (κ1) is 91.1. The summed E-state index contributed by atoms with van der Waals surface area (Å²) in [6, 6.07) is 35.8. The standard InChI is InChI=1S/3C10H8N2.2C6H4O4S.2Mn.12H2O/c1-5-11-6-2-9(1)10-3-7-12-8-4-10;2*1-3-7-11-9(5-1)10-6-2-4-8-12-10;2*7-5(8)3-1-2-4(11-3)6(9)10;;;;;;;;;;;;;;/h3*1-8H;2*1-2H,(H,7,8)(H,9,10);;;12*1H2/q;;;;;2*+2;;;;;;;;;;;;/p+2. The number of rotatable bonds is 7. The van der Waals surface area contributed by atoms with E-state index < -0.39 is 23.9 Å². The molecule has 8 aromatic heterocycles. The smallest absolute Gasteiger partial charge is 0.544 e. The Labute approximate surface area is 438 Å². The molecule has 0 spiro atoms. The van der Waals surface area contributed by atoms with E-state index in [1.807, 2.05) is 97.1 Å². The summed E-state index contributed by atoms with van der Waals surface area (Å²) >= 11 is 1.25. The molecular weight excluding hydrogens is 1080 g/mol. The minimum Gasteiger partial charge on any atom is -0.544 e. The number of carboxylic acid groups (broad SMARTS) is 4. The van der Waals surface area contributed by atoms with Gasteiger partial charge in [0.2, 0.25) is 0 Å². The molecular formula is C42H58Mn2N6O20S2+6. The van der Waals surface area contributed by atoms with E-state index in [-0.39, 0.29) is 119 Å². The SMILES string of the molecule is O.O.O.O.O.O.O=C([O-])c1ccc(C(=O)[O-])s1.O=C([O-])c1ccc(C(=O)[O-])s1.[Mn+2].[Mn+2].[OH3+].[OH3+].[OH3+].[OH3+].[OH3+].[OH3+].c1cc(-c2ccncc2)ccn1.c1ccc(-c2ccccn2)nc1.c1ccc(-c2ccccn2)nc1. The van der Waals surface area contributed by atoms with Gasteiger partial charge in [0.1, 0.15) is 0 Å². The predicted molar refractivity (Wildman–Crippen MR) is 259 cm³/mol. The molecule has 0 aliphatic heterocycles. The average molecular weight is 1140 g/mol. The first-order chi connectivity index (χ1) is 28.1. The van der Waals surface area contributed by atoms with Crippen LogP contribution in [0.15, 0.2) is 171 Å². The Bertz CT molecular complexity index is 2090. The summed E-state index contributed by atoms with van der Waals surface area (Å²) < 4.78 is 0. The van der Waals surface area contributed by atoms with E-state index in [9.17, 15) is 39.6 Å².